The molecule has 0 fully saturated rings. The van der Waals surface area contributed by atoms with Gasteiger partial charge in [0.1, 0.15) is 0 Å². The van der Waals surface area contributed by atoms with Crippen LogP contribution in [0.3, 0.4) is 0 Å². The number of hydrogen-bond donors (Lipinski definition) is 0. The Labute approximate surface area is 485 Å². The fourth-order valence-electron chi connectivity index (χ4n) is 13.5. The molecule has 8 heterocycles. The highest BCUT2D eigenvalue weighted by Crippen LogP contribution is 2.57. The summed E-state index contributed by atoms with van der Waals surface area (Å²) in [5, 5.41) is 7.45. The summed E-state index contributed by atoms with van der Waals surface area (Å²) < 4.78 is 103. The van der Waals surface area contributed by atoms with E-state index in [1.54, 1.807) is 36.9 Å². The van der Waals surface area contributed by atoms with E-state index in [9.17, 15) is 0 Å². The zero-order valence-electron chi connectivity index (χ0n) is 45.3. The second kappa shape index (κ2) is 19.1. The summed E-state index contributed by atoms with van der Waals surface area (Å²) in [7, 11) is 0. The van der Waals surface area contributed by atoms with Gasteiger partial charge in [0.05, 0.1) is 56.5 Å². The molecule has 8 aromatic heterocycles. The van der Waals surface area contributed by atoms with Crippen molar-refractivity contribution in [1.29, 1.82) is 0 Å². The van der Waals surface area contributed by atoms with Gasteiger partial charge < -0.3 is 18.3 Å². The van der Waals surface area contributed by atoms with E-state index < -0.39 is 28.9 Å². The largest absolute Gasteiger partial charge is 0.411 e. The quantitative estimate of drug-likeness (QED) is 0.135. The second-order valence-electron chi connectivity index (χ2n) is 21.7. The molecule has 0 radical (unpaired) electrons. The van der Waals surface area contributed by atoms with Crippen molar-refractivity contribution in [2.45, 2.75) is 24.2 Å². The molecule has 16 rings (SSSR count). The third-order valence-electron chi connectivity index (χ3n) is 17.2. The first-order valence-corrected chi connectivity index (χ1v) is 27.9. The minimum Gasteiger partial charge on any atom is -0.309 e. The molecule has 16 aromatic rings. The minimum atomic E-state index is -5.80. The van der Waals surface area contributed by atoms with Crippen LogP contribution in [0, 0.1) is 0 Å². The Bertz CT molecular complexity index is 5220. The van der Waals surface area contributed by atoms with Crippen molar-refractivity contribution >= 4 is 87.2 Å². The summed E-state index contributed by atoms with van der Waals surface area (Å²) in [6.07, 6.45) is 3.22. The standard InChI is InChI=1S/C72H44F6N8/c73-71(74,75)70(72(76,77)78,46-20-28-50(29-21-46)83-61-13-5-2-9-53(61)57-39-79-36-33-63(57)83)47-22-30-51(31-23-47)84-64-34-37-80-41-59(64)68-55(11-7-15-65(68)84)58-40-82-43-67-69(58)56-10-3-6-14-62(56)86(67)49-26-18-45(19-27-49)38-44-16-24-48(25-17-44)85-60-12-4-1-8-52(60)54-32-35-81-42-66(54)85/h1-37,39-43H,38H2. The Hall–Kier alpha value is -10.9. The monoisotopic (exact) mass is 1130 g/mol. The average molecular weight is 1140 g/mol. The van der Waals surface area contributed by atoms with Gasteiger partial charge in [-0.15, -0.1) is 0 Å². The van der Waals surface area contributed by atoms with Crippen molar-refractivity contribution in [2.75, 3.05) is 0 Å². The Balaban J connectivity index is 0.756. The molecule has 0 atom stereocenters. The van der Waals surface area contributed by atoms with Gasteiger partial charge >= 0.3 is 12.4 Å². The van der Waals surface area contributed by atoms with Crippen LogP contribution in [-0.4, -0.2) is 50.6 Å². The van der Waals surface area contributed by atoms with Gasteiger partial charge in [0.25, 0.3) is 0 Å². The number of aromatic nitrogens is 8. The maximum Gasteiger partial charge on any atom is 0.411 e. The summed E-state index contributed by atoms with van der Waals surface area (Å²) in [5.41, 5.74) is 7.23. The molecule has 0 unspecified atom stereocenters. The molecule has 0 aliphatic heterocycles. The molecule has 0 bridgehead atoms. The number of para-hydroxylation sites is 3. The van der Waals surface area contributed by atoms with E-state index in [4.69, 9.17) is 4.98 Å². The number of nitrogens with zero attached hydrogens (tertiary/aromatic N) is 8. The van der Waals surface area contributed by atoms with E-state index >= 15 is 26.3 Å². The van der Waals surface area contributed by atoms with E-state index in [0.717, 1.165) is 124 Å². The predicted molar refractivity (Wildman–Crippen MR) is 329 cm³/mol. The zero-order valence-corrected chi connectivity index (χ0v) is 45.3. The Morgan fingerprint density at radius 1 is 0.279 bits per heavy atom. The lowest BCUT2D eigenvalue weighted by atomic mass is 9.73. The zero-order chi connectivity index (χ0) is 58.1. The van der Waals surface area contributed by atoms with Crippen LogP contribution in [0.25, 0.3) is 121 Å². The predicted octanol–water partition coefficient (Wildman–Crippen LogP) is 18.3. The molecule has 0 aliphatic rings. The summed E-state index contributed by atoms with van der Waals surface area (Å²) in [6.45, 7) is 0. The Kier molecular flexibility index (Phi) is 11.3. The number of pyridine rings is 4. The summed E-state index contributed by atoms with van der Waals surface area (Å²) >= 11 is 0. The first-order chi connectivity index (χ1) is 42.0. The second-order valence-corrected chi connectivity index (χ2v) is 21.7. The summed E-state index contributed by atoms with van der Waals surface area (Å²) in [5.74, 6) is 0. The first-order valence-electron chi connectivity index (χ1n) is 27.9. The molecule has 0 spiro atoms. The lowest BCUT2D eigenvalue weighted by Crippen LogP contribution is -2.54. The molecule has 14 heteroatoms. The van der Waals surface area contributed by atoms with Gasteiger partial charge in [-0.1, -0.05) is 115 Å². The first kappa shape index (κ1) is 50.8. The number of halogens is 6. The molecule has 8 nitrogen and oxygen atoms in total. The number of alkyl halides is 6. The van der Waals surface area contributed by atoms with Crippen molar-refractivity contribution in [3.8, 4) is 33.9 Å². The highest BCUT2D eigenvalue weighted by Gasteiger charge is 2.72. The SMILES string of the molecule is FC(F)(F)C(c1ccc(-n2c3ccccc3c3cnccc32)cc1)(c1ccc(-n2c3ccncc3c3c(-c4cncc5c4c4ccccc4n5-c4ccc(Cc5ccc(-n6c7ccccc7c7ccncc76)cc5)cc4)cccc32)cc1)C(F)(F)F. The van der Waals surface area contributed by atoms with Crippen molar-refractivity contribution in [1.82, 2.24) is 38.2 Å². The van der Waals surface area contributed by atoms with E-state index in [-0.39, 0.29) is 0 Å². The fourth-order valence-corrected chi connectivity index (χ4v) is 13.5. The van der Waals surface area contributed by atoms with Crippen molar-refractivity contribution in [3.63, 3.8) is 0 Å². The van der Waals surface area contributed by atoms with Gasteiger partial charge in [0.15, 0.2) is 0 Å². The maximum atomic E-state index is 15.8. The van der Waals surface area contributed by atoms with Gasteiger partial charge in [-0.25, -0.2) is 0 Å². The van der Waals surface area contributed by atoms with E-state index in [1.807, 2.05) is 88.5 Å². The molecule has 86 heavy (non-hydrogen) atoms. The molecular weight excluding hydrogens is 1090 g/mol. The van der Waals surface area contributed by atoms with Crippen LogP contribution in [0.4, 0.5) is 26.3 Å². The average Bonchev–Trinajstić information content (AvgIpc) is 1.47. The van der Waals surface area contributed by atoms with Gasteiger partial charge in [0.2, 0.25) is 5.41 Å². The number of benzene rings is 8. The lowest BCUT2D eigenvalue weighted by Gasteiger charge is -2.38. The van der Waals surface area contributed by atoms with Gasteiger partial charge in [-0.2, -0.15) is 26.3 Å². The molecule has 414 valence electrons. The third-order valence-corrected chi connectivity index (χ3v) is 17.2. The number of hydrogen-bond acceptors (Lipinski definition) is 4. The molecular formula is C72H44F6N8. The van der Waals surface area contributed by atoms with E-state index in [1.165, 1.54) is 35.2 Å². The Morgan fingerprint density at radius 2 is 0.674 bits per heavy atom. The van der Waals surface area contributed by atoms with Gasteiger partial charge in [0, 0.05) is 109 Å². The summed E-state index contributed by atoms with van der Waals surface area (Å²) in [4.78, 5) is 18.1. The van der Waals surface area contributed by atoms with Crippen molar-refractivity contribution in [3.05, 3.63) is 278 Å². The van der Waals surface area contributed by atoms with Crippen LogP contribution in [0.2, 0.25) is 0 Å². The summed E-state index contributed by atoms with van der Waals surface area (Å²) in [6, 6.07) is 61.8. The third kappa shape index (κ3) is 7.51. The number of fused-ring (bicyclic) bond motifs is 12. The normalized spacial score (nSPS) is 12.6. The smallest absolute Gasteiger partial charge is 0.309 e. The van der Waals surface area contributed by atoms with Crippen LogP contribution in [-0.2, 0) is 11.8 Å². The van der Waals surface area contributed by atoms with Gasteiger partial charge in [-0.3, -0.25) is 19.9 Å². The fraction of sp³-hybridized carbons (Fsp3) is 0.0556. The molecule has 0 saturated carbocycles. The van der Waals surface area contributed by atoms with Crippen LogP contribution < -0.4 is 0 Å². The molecule has 0 aliphatic carbocycles. The highest BCUT2D eigenvalue weighted by molar-refractivity contribution is 6.22. The van der Waals surface area contributed by atoms with Crippen LogP contribution in [0.15, 0.2) is 256 Å². The van der Waals surface area contributed by atoms with Crippen molar-refractivity contribution < 1.29 is 26.3 Å². The Morgan fingerprint density at radius 3 is 1.26 bits per heavy atom. The van der Waals surface area contributed by atoms with E-state index in [2.05, 4.69) is 115 Å². The van der Waals surface area contributed by atoms with Gasteiger partial charge in [-0.05, 0) is 125 Å². The number of rotatable bonds is 9. The molecule has 0 saturated heterocycles. The molecule has 0 amide bonds. The van der Waals surface area contributed by atoms with E-state index in [0.29, 0.717) is 27.9 Å². The lowest BCUT2D eigenvalue weighted by molar-refractivity contribution is -0.288. The minimum absolute atomic E-state index is 0.358. The van der Waals surface area contributed by atoms with Crippen LogP contribution in [0.5, 0.6) is 0 Å². The molecule has 0 N–H and O–H groups in total. The van der Waals surface area contributed by atoms with Crippen LogP contribution >= 0.6 is 0 Å². The topological polar surface area (TPSA) is 71.3 Å². The van der Waals surface area contributed by atoms with Crippen LogP contribution in [0.1, 0.15) is 22.3 Å². The maximum absolute atomic E-state index is 15.8. The van der Waals surface area contributed by atoms with Crippen molar-refractivity contribution in [2.24, 2.45) is 0 Å². The molecule has 8 aromatic carbocycles. The highest BCUT2D eigenvalue weighted by atomic mass is 19.4.